The Hall–Kier alpha value is -1.10. The van der Waals surface area contributed by atoms with Gasteiger partial charge in [0.25, 0.3) is 0 Å². The Kier molecular flexibility index (Phi) is 5.44. The van der Waals surface area contributed by atoms with Crippen molar-refractivity contribution in [2.75, 3.05) is 5.88 Å². The Morgan fingerprint density at radius 2 is 1.88 bits per heavy atom. The minimum atomic E-state index is -1.23. The van der Waals surface area contributed by atoms with E-state index in [4.69, 9.17) is 16.7 Å². The number of carbonyl (C=O) groups excluding carboxylic acids is 2. The fourth-order valence-corrected chi connectivity index (χ4v) is 1.02. The van der Waals surface area contributed by atoms with E-state index in [1.807, 2.05) is 0 Å². The zero-order valence-electron chi connectivity index (χ0n) is 9.54. The third-order valence-electron chi connectivity index (χ3n) is 2.04. The topological polar surface area (TPSA) is 83.5 Å². The number of carboxylic acids is 1. The molecule has 0 fully saturated rings. The summed E-state index contributed by atoms with van der Waals surface area (Å²) in [5.74, 6) is -1.92. The van der Waals surface area contributed by atoms with Gasteiger partial charge in [0.15, 0.2) is 0 Å². The predicted octanol–water partition coefficient (Wildman–Crippen LogP) is 0.800. The van der Waals surface area contributed by atoms with Crippen LogP contribution in [0.5, 0.6) is 0 Å². The smallest absolute Gasteiger partial charge is 0.326 e. The quantitative estimate of drug-likeness (QED) is 0.682. The van der Waals surface area contributed by atoms with Gasteiger partial charge in [0.05, 0.1) is 5.41 Å². The SMILES string of the molecule is CC(=O)CC(NC(=O)C(C)(C)CCl)C(=O)O. The number of alkyl halides is 1. The number of amides is 1. The van der Waals surface area contributed by atoms with Gasteiger partial charge < -0.3 is 10.4 Å². The fourth-order valence-electron chi connectivity index (χ4n) is 0.902. The highest BCUT2D eigenvalue weighted by Crippen LogP contribution is 2.17. The van der Waals surface area contributed by atoms with Crippen LogP contribution < -0.4 is 5.32 Å². The Bertz CT molecular complexity index is 301. The molecule has 0 saturated heterocycles. The van der Waals surface area contributed by atoms with Gasteiger partial charge in [-0.1, -0.05) is 0 Å². The Labute approximate surface area is 99.2 Å². The van der Waals surface area contributed by atoms with Crippen LogP contribution in [0.4, 0.5) is 0 Å². The molecule has 0 aromatic heterocycles. The van der Waals surface area contributed by atoms with Crippen LogP contribution in [0, 0.1) is 5.41 Å². The number of hydrogen-bond donors (Lipinski definition) is 2. The maximum absolute atomic E-state index is 11.6. The summed E-state index contributed by atoms with van der Waals surface area (Å²) in [5.41, 5.74) is -0.855. The van der Waals surface area contributed by atoms with Gasteiger partial charge in [-0.15, -0.1) is 11.6 Å². The van der Waals surface area contributed by atoms with Gasteiger partial charge in [0.1, 0.15) is 11.8 Å². The molecule has 16 heavy (non-hydrogen) atoms. The summed E-state index contributed by atoms with van der Waals surface area (Å²) in [7, 11) is 0. The number of rotatable bonds is 6. The van der Waals surface area contributed by atoms with Crippen molar-refractivity contribution in [2.24, 2.45) is 5.41 Å². The number of Topliss-reactive ketones (excluding diaryl/α,β-unsaturated/α-hetero) is 1. The average Bonchev–Trinajstić information content (AvgIpc) is 2.15. The van der Waals surface area contributed by atoms with Gasteiger partial charge in [-0.2, -0.15) is 0 Å². The van der Waals surface area contributed by atoms with Gasteiger partial charge in [-0.3, -0.25) is 9.59 Å². The van der Waals surface area contributed by atoms with E-state index < -0.39 is 23.3 Å². The zero-order chi connectivity index (χ0) is 12.9. The first-order valence-electron chi connectivity index (χ1n) is 4.80. The van der Waals surface area contributed by atoms with Crippen molar-refractivity contribution in [3.8, 4) is 0 Å². The molecule has 0 aromatic rings. The molecule has 5 nitrogen and oxygen atoms in total. The molecule has 1 unspecified atom stereocenters. The van der Waals surface area contributed by atoms with Crippen molar-refractivity contribution in [1.29, 1.82) is 0 Å². The van der Waals surface area contributed by atoms with Crippen LogP contribution in [0.15, 0.2) is 0 Å². The second kappa shape index (κ2) is 5.84. The van der Waals surface area contributed by atoms with Crippen molar-refractivity contribution in [3.63, 3.8) is 0 Å². The van der Waals surface area contributed by atoms with Gasteiger partial charge in [-0.05, 0) is 20.8 Å². The maximum Gasteiger partial charge on any atom is 0.326 e. The van der Waals surface area contributed by atoms with Crippen LogP contribution in [-0.2, 0) is 14.4 Å². The third kappa shape index (κ3) is 4.61. The van der Waals surface area contributed by atoms with Gasteiger partial charge >= 0.3 is 5.97 Å². The van der Waals surface area contributed by atoms with Crippen molar-refractivity contribution in [2.45, 2.75) is 33.2 Å². The van der Waals surface area contributed by atoms with Crippen LogP contribution in [0.1, 0.15) is 27.2 Å². The van der Waals surface area contributed by atoms with E-state index in [9.17, 15) is 14.4 Å². The number of halogens is 1. The summed E-state index contributed by atoms with van der Waals surface area (Å²) in [4.78, 5) is 33.2. The van der Waals surface area contributed by atoms with E-state index in [-0.39, 0.29) is 18.1 Å². The van der Waals surface area contributed by atoms with Crippen molar-refractivity contribution < 1.29 is 19.5 Å². The van der Waals surface area contributed by atoms with E-state index in [1.54, 1.807) is 13.8 Å². The first-order valence-corrected chi connectivity index (χ1v) is 5.33. The third-order valence-corrected chi connectivity index (χ3v) is 2.71. The molecular formula is C10H16ClNO4. The molecule has 6 heteroatoms. The highest BCUT2D eigenvalue weighted by atomic mass is 35.5. The van der Waals surface area contributed by atoms with Crippen LogP contribution in [0.3, 0.4) is 0 Å². The summed E-state index contributed by atoms with van der Waals surface area (Å²) in [6, 6.07) is -1.19. The summed E-state index contributed by atoms with van der Waals surface area (Å²) < 4.78 is 0. The standard InChI is InChI=1S/C10H16ClNO4/c1-6(13)4-7(8(14)15)12-9(16)10(2,3)5-11/h7H,4-5H2,1-3H3,(H,12,16)(H,14,15). The number of carboxylic acid groups (broad SMARTS) is 1. The lowest BCUT2D eigenvalue weighted by Gasteiger charge is -2.23. The van der Waals surface area contributed by atoms with E-state index in [1.165, 1.54) is 6.92 Å². The molecule has 0 aromatic carbocycles. The van der Waals surface area contributed by atoms with Gasteiger partial charge in [-0.25, -0.2) is 4.79 Å². The van der Waals surface area contributed by atoms with Crippen LogP contribution in [-0.4, -0.2) is 34.7 Å². The van der Waals surface area contributed by atoms with Crippen LogP contribution in [0.2, 0.25) is 0 Å². The number of hydrogen-bond acceptors (Lipinski definition) is 3. The first kappa shape index (κ1) is 14.9. The van der Waals surface area contributed by atoms with Crippen molar-refractivity contribution in [3.05, 3.63) is 0 Å². The van der Waals surface area contributed by atoms with Gasteiger partial charge in [0, 0.05) is 12.3 Å². The van der Waals surface area contributed by atoms with E-state index in [0.29, 0.717) is 0 Å². The highest BCUT2D eigenvalue weighted by molar-refractivity contribution is 6.19. The monoisotopic (exact) mass is 249 g/mol. The van der Waals surface area contributed by atoms with Crippen molar-refractivity contribution in [1.82, 2.24) is 5.32 Å². The molecule has 2 N–H and O–H groups in total. The number of ketones is 1. The van der Waals surface area contributed by atoms with E-state index >= 15 is 0 Å². The largest absolute Gasteiger partial charge is 0.480 e. The summed E-state index contributed by atoms with van der Waals surface area (Å²) in [5, 5.41) is 11.1. The first-order chi connectivity index (χ1) is 7.20. The summed E-state index contributed by atoms with van der Waals surface area (Å²) >= 11 is 5.58. The molecule has 0 saturated carbocycles. The lowest BCUT2D eigenvalue weighted by Crippen LogP contribution is -2.47. The van der Waals surface area contributed by atoms with Crippen LogP contribution in [0.25, 0.3) is 0 Å². The average molecular weight is 250 g/mol. The number of aliphatic carboxylic acids is 1. The molecule has 1 atom stereocenters. The molecular weight excluding hydrogens is 234 g/mol. The Morgan fingerprint density at radius 3 is 2.19 bits per heavy atom. The number of nitrogens with one attached hydrogen (secondary N) is 1. The molecule has 0 radical (unpaired) electrons. The molecule has 1 amide bonds. The molecule has 0 aliphatic rings. The molecule has 0 bridgehead atoms. The minimum absolute atomic E-state index is 0.0746. The molecule has 0 heterocycles. The summed E-state index contributed by atoms with van der Waals surface area (Å²) in [6.45, 7) is 4.47. The summed E-state index contributed by atoms with van der Waals surface area (Å²) in [6.07, 6.45) is -0.223. The normalized spacial score (nSPS) is 13.0. The van der Waals surface area contributed by atoms with Crippen LogP contribution >= 0.6 is 11.6 Å². The predicted molar refractivity (Wildman–Crippen MR) is 59.4 cm³/mol. The lowest BCUT2D eigenvalue weighted by atomic mass is 9.94. The van der Waals surface area contributed by atoms with Crippen molar-refractivity contribution >= 4 is 29.3 Å². The highest BCUT2D eigenvalue weighted by Gasteiger charge is 2.31. The fraction of sp³-hybridized carbons (Fsp3) is 0.700. The molecule has 0 rings (SSSR count). The second-order valence-electron chi connectivity index (χ2n) is 4.29. The van der Waals surface area contributed by atoms with Gasteiger partial charge in [0.2, 0.25) is 5.91 Å². The number of carbonyl (C=O) groups is 3. The van der Waals surface area contributed by atoms with E-state index in [2.05, 4.69) is 5.32 Å². The Balaban J connectivity index is 4.58. The van der Waals surface area contributed by atoms with E-state index in [0.717, 1.165) is 0 Å². The molecule has 0 aliphatic carbocycles. The minimum Gasteiger partial charge on any atom is -0.480 e. The second-order valence-corrected chi connectivity index (χ2v) is 4.56. The molecule has 92 valence electrons. The Morgan fingerprint density at radius 1 is 1.38 bits per heavy atom. The maximum atomic E-state index is 11.6. The zero-order valence-corrected chi connectivity index (χ0v) is 10.3. The molecule has 0 spiro atoms. The lowest BCUT2D eigenvalue weighted by molar-refractivity contribution is -0.144. The molecule has 0 aliphatic heterocycles.